The average molecular weight is 173 g/mol. The van der Waals surface area contributed by atoms with E-state index in [9.17, 15) is 0 Å². The van der Waals surface area contributed by atoms with E-state index in [4.69, 9.17) is 10.00 Å². The fourth-order valence-corrected chi connectivity index (χ4v) is 1.73. The van der Waals surface area contributed by atoms with Crippen molar-refractivity contribution in [3.63, 3.8) is 0 Å². The summed E-state index contributed by atoms with van der Waals surface area (Å²) in [6.45, 7) is 2.77. The lowest BCUT2D eigenvalue weighted by Crippen LogP contribution is -2.18. The normalized spacial score (nSPS) is 26.2. The van der Waals surface area contributed by atoms with E-state index in [1.54, 1.807) is 0 Å². The summed E-state index contributed by atoms with van der Waals surface area (Å²) >= 11 is 0. The van der Waals surface area contributed by atoms with Crippen LogP contribution in [0.15, 0.2) is 24.3 Å². The monoisotopic (exact) mass is 173 g/mol. The van der Waals surface area contributed by atoms with E-state index in [0.717, 1.165) is 5.56 Å². The van der Waals surface area contributed by atoms with Crippen LogP contribution in [0.5, 0.6) is 0 Å². The first-order valence-electron chi connectivity index (χ1n) is 4.43. The molecule has 1 aromatic rings. The summed E-state index contributed by atoms with van der Waals surface area (Å²) in [6, 6.07) is 10.2. The molecule has 1 heterocycles. The van der Waals surface area contributed by atoms with Gasteiger partial charge in [-0.05, 0) is 11.1 Å². The first kappa shape index (κ1) is 8.28. The molecule has 2 nitrogen and oxygen atoms in total. The van der Waals surface area contributed by atoms with Crippen molar-refractivity contribution in [3.8, 4) is 6.07 Å². The SMILES string of the molecule is C[C@@H]1CO[C@@H](C#N)c2ccccc21. The van der Waals surface area contributed by atoms with E-state index in [0.29, 0.717) is 12.5 Å². The van der Waals surface area contributed by atoms with Crippen molar-refractivity contribution in [1.29, 1.82) is 5.26 Å². The molecule has 0 N–H and O–H groups in total. The van der Waals surface area contributed by atoms with Gasteiger partial charge >= 0.3 is 0 Å². The van der Waals surface area contributed by atoms with Gasteiger partial charge in [0.25, 0.3) is 0 Å². The van der Waals surface area contributed by atoms with Crippen LogP contribution in [-0.2, 0) is 4.74 Å². The van der Waals surface area contributed by atoms with E-state index in [1.807, 2.05) is 18.2 Å². The third-order valence-electron chi connectivity index (χ3n) is 2.44. The number of nitrogens with zero attached hydrogens (tertiary/aromatic N) is 1. The van der Waals surface area contributed by atoms with Crippen LogP contribution in [0.25, 0.3) is 0 Å². The highest BCUT2D eigenvalue weighted by atomic mass is 16.5. The molecule has 0 unspecified atom stereocenters. The molecule has 0 fully saturated rings. The molecule has 0 spiro atoms. The van der Waals surface area contributed by atoms with Gasteiger partial charge in [0.2, 0.25) is 0 Å². The first-order chi connectivity index (χ1) is 6.33. The average Bonchev–Trinajstić information content (AvgIpc) is 2.19. The zero-order valence-electron chi connectivity index (χ0n) is 7.53. The van der Waals surface area contributed by atoms with E-state index >= 15 is 0 Å². The standard InChI is InChI=1S/C11H11NO/c1-8-7-13-11(6-12)10-5-3-2-4-9(8)10/h2-5,8,11H,7H2,1H3/t8-,11+/m1/s1. The molecule has 1 aliphatic rings. The molecule has 2 heteroatoms. The van der Waals surface area contributed by atoms with Crippen LogP contribution in [0.4, 0.5) is 0 Å². The highest BCUT2D eigenvalue weighted by Gasteiger charge is 2.24. The Morgan fingerprint density at radius 3 is 2.77 bits per heavy atom. The maximum absolute atomic E-state index is 8.85. The molecule has 0 saturated heterocycles. The molecule has 0 amide bonds. The second-order valence-electron chi connectivity index (χ2n) is 3.37. The maximum atomic E-state index is 8.85. The van der Waals surface area contributed by atoms with Crippen LogP contribution in [0.1, 0.15) is 30.1 Å². The van der Waals surface area contributed by atoms with Crippen LogP contribution in [0, 0.1) is 11.3 Å². The minimum atomic E-state index is -0.368. The van der Waals surface area contributed by atoms with Gasteiger partial charge in [0.05, 0.1) is 12.7 Å². The molecular weight excluding hydrogens is 162 g/mol. The van der Waals surface area contributed by atoms with Gasteiger partial charge in [0, 0.05) is 5.92 Å². The van der Waals surface area contributed by atoms with Gasteiger partial charge in [-0.25, -0.2) is 0 Å². The summed E-state index contributed by atoms with van der Waals surface area (Å²) < 4.78 is 5.40. The highest BCUT2D eigenvalue weighted by Crippen LogP contribution is 2.32. The van der Waals surface area contributed by atoms with Crippen molar-refractivity contribution in [3.05, 3.63) is 35.4 Å². The Bertz CT molecular complexity index is 353. The lowest BCUT2D eigenvalue weighted by atomic mass is 9.91. The molecular formula is C11H11NO. The zero-order valence-corrected chi connectivity index (χ0v) is 7.53. The number of fused-ring (bicyclic) bond motifs is 1. The van der Waals surface area contributed by atoms with Crippen LogP contribution < -0.4 is 0 Å². The number of hydrogen-bond donors (Lipinski definition) is 0. The Hall–Kier alpha value is -1.33. The van der Waals surface area contributed by atoms with Gasteiger partial charge in [-0.2, -0.15) is 5.26 Å². The van der Waals surface area contributed by atoms with Crippen LogP contribution in [-0.4, -0.2) is 6.61 Å². The third kappa shape index (κ3) is 1.32. The Labute approximate surface area is 77.8 Å². The fourth-order valence-electron chi connectivity index (χ4n) is 1.73. The smallest absolute Gasteiger partial charge is 0.169 e. The molecule has 0 aliphatic carbocycles. The number of ether oxygens (including phenoxy) is 1. The molecule has 0 radical (unpaired) electrons. The van der Waals surface area contributed by atoms with Gasteiger partial charge in [0.15, 0.2) is 6.10 Å². The first-order valence-corrected chi connectivity index (χ1v) is 4.43. The zero-order chi connectivity index (χ0) is 9.26. The number of hydrogen-bond acceptors (Lipinski definition) is 2. The van der Waals surface area contributed by atoms with Crippen molar-refractivity contribution >= 4 is 0 Å². The Kier molecular flexibility index (Phi) is 2.03. The molecule has 2 atom stereocenters. The largest absolute Gasteiger partial charge is 0.358 e. The molecule has 2 rings (SSSR count). The molecule has 1 aromatic carbocycles. The molecule has 13 heavy (non-hydrogen) atoms. The number of benzene rings is 1. The lowest BCUT2D eigenvalue weighted by molar-refractivity contribution is 0.0661. The Balaban J connectivity index is 2.49. The summed E-state index contributed by atoms with van der Waals surface area (Å²) in [4.78, 5) is 0. The molecule has 66 valence electrons. The Morgan fingerprint density at radius 1 is 1.38 bits per heavy atom. The van der Waals surface area contributed by atoms with Crippen LogP contribution in [0.2, 0.25) is 0 Å². The molecule has 0 aromatic heterocycles. The number of rotatable bonds is 0. The van der Waals surface area contributed by atoms with E-state index in [2.05, 4.69) is 19.1 Å². The van der Waals surface area contributed by atoms with Gasteiger partial charge in [0.1, 0.15) is 0 Å². The Morgan fingerprint density at radius 2 is 2.08 bits per heavy atom. The topological polar surface area (TPSA) is 33.0 Å². The third-order valence-corrected chi connectivity index (χ3v) is 2.44. The van der Waals surface area contributed by atoms with Crippen molar-refractivity contribution < 1.29 is 4.74 Å². The van der Waals surface area contributed by atoms with Crippen molar-refractivity contribution in [2.75, 3.05) is 6.61 Å². The van der Waals surface area contributed by atoms with Gasteiger partial charge in [-0.1, -0.05) is 31.2 Å². The van der Waals surface area contributed by atoms with Gasteiger partial charge in [-0.3, -0.25) is 0 Å². The second-order valence-corrected chi connectivity index (χ2v) is 3.37. The van der Waals surface area contributed by atoms with Crippen molar-refractivity contribution in [2.45, 2.75) is 18.9 Å². The van der Waals surface area contributed by atoms with E-state index < -0.39 is 0 Å². The highest BCUT2D eigenvalue weighted by molar-refractivity contribution is 5.36. The van der Waals surface area contributed by atoms with Gasteiger partial charge in [-0.15, -0.1) is 0 Å². The lowest BCUT2D eigenvalue weighted by Gasteiger charge is -2.25. The minimum Gasteiger partial charge on any atom is -0.358 e. The van der Waals surface area contributed by atoms with Crippen molar-refractivity contribution in [2.24, 2.45) is 0 Å². The van der Waals surface area contributed by atoms with E-state index in [-0.39, 0.29) is 6.10 Å². The predicted octanol–water partition coefficient (Wildman–Crippen LogP) is 2.38. The maximum Gasteiger partial charge on any atom is 0.169 e. The van der Waals surface area contributed by atoms with Gasteiger partial charge < -0.3 is 4.74 Å². The minimum absolute atomic E-state index is 0.368. The second kappa shape index (κ2) is 3.20. The summed E-state index contributed by atoms with van der Waals surface area (Å²) in [6.07, 6.45) is -0.368. The fraction of sp³-hybridized carbons (Fsp3) is 0.364. The van der Waals surface area contributed by atoms with E-state index in [1.165, 1.54) is 5.56 Å². The quantitative estimate of drug-likeness (QED) is 0.603. The summed E-state index contributed by atoms with van der Waals surface area (Å²) in [7, 11) is 0. The number of nitriles is 1. The summed E-state index contributed by atoms with van der Waals surface area (Å²) in [5.41, 5.74) is 2.28. The van der Waals surface area contributed by atoms with Crippen molar-refractivity contribution in [1.82, 2.24) is 0 Å². The predicted molar refractivity (Wildman–Crippen MR) is 49.2 cm³/mol. The van der Waals surface area contributed by atoms with Crippen LogP contribution in [0.3, 0.4) is 0 Å². The molecule has 0 saturated carbocycles. The molecule has 0 bridgehead atoms. The summed E-state index contributed by atoms with van der Waals surface area (Å²) in [5, 5.41) is 8.85. The van der Waals surface area contributed by atoms with Crippen LogP contribution >= 0.6 is 0 Å². The molecule has 1 aliphatic heterocycles. The summed E-state index contributed by atoms with van der Waals surface area (Å²) in [5.74, 6) is 0.404.